The van der Waals surface area contributed by atoms with Crippen molar-refractivity contribution in [3.8, 4) is 0 Å². The molecule has 0 radical (unpaired) electrons. The fourth-order valence-electron chi connectivity index (χ4n) is 5.39. The van der Waals surface area contributed by atoms with Crippen LogP contribution in [0.25, 0.3) is 0 Å². The Morgan fingerprint density at radius 2 is 1.64 bits per heavy atom. The van der Waals surface area contributed by atoms with Crippen LogP contribution in [-0.2, 0) is 4.79 Å². The van der Waals surface area contributed by atoms with Crippen LogP contribution in [0.2, 0.25) is 0 Å². The van der Waals surface area contributed by atoms with E-state index in [1.54, 1.807) is 12.1 Å². The fraction of sp³-hybridized carbons (Fsp3) is 0.667. The number of piperazine rings is 1. The predicted octanol–water partition coefficient (Wildman–Crippen LogP) is 2.82. The number of rotatable bonds is 5. The molecule has 180 valence electrons. The molecule has 1 aliphatic heterocycles. The highest BCUT2D eigenvalue weighted by atomic mass is 16.6. The molecule has 2 saturated carbocycles. The van der Waals surface area contributed by atoms with Crippen LogP contribution in [0, 0.1) is 16.0 Å². The first-order valence-electron chi connectivity index (χ1n) is 12.3. The van der Waals surface area contributed by atoms with Crippen molar-refractivity contribution in [3.63, 3.8) is 0 Å². The SMILES string of the molecule is NC1CCC(NC(=O)c2ccc(N3CCN(C(=O)C4CCCCC4)CC3)c([N+](=O)[O-])c2)CC1. The number of nitrogens with one attached hydrogen (secondary N) is 1. The molecule has 0 bridgehead atoms. The molecular weight excluding hydrogens is 422 g/mol. The number of carbonyl (C=O) groups is 2. The maximum atomic E-state index is 12.8. The second kappa shape index (κ2) is 10.5. The molecular formula is C24H35N5O4. The zero-order chi connectivity index (χ0) is 23.4. The van der Waals surface area contributed by atoms with E-state index in [0.29, 0.717) is 37.4 Å². The Hall–Kier alpha value is -2.68. The highest BCUT2D eigenvalue weighted by Crippen LogP contribution is 2.31. The van der Waals surface area contributed by atoms with Crippen molar-refractivity contribution in [1.29, 1.82) is 0 Å². The average molecular weight is 458 g/mol. The predicted molar refractivity (Wildman–Crippen MR) is 126 cm³/mol. The van der Waals surface area contributed by atoms with Gasteiger partial charge in [-0.2, -0.15) is 0 Å². The van der Waals surface area contributed by atoms with Gasteiger partial charge in [-0.05, 0) is 50.7 Å². The average Bonchev–Trinajstić information content (AvgIpc) is 2.85. The zero-order valence-corrected chi connectivity index (χ0v) is 19.2. The Balaban J connectivity index is 1.39. The van der Waals surface area contributed by atoms with Gasteiger partial charge in [0.05, 0.1) is 4.92 Å². The molecule has 2 amide bonds. The lowest BCUT2D eigenvalue weighted by atomic mass is 9.88. The molecule has 0 aromatic heterocycles. The summed E-state index contributed by atoms with van der Waals surface area (Å²) in [6, 6.07) is 4.95. The number of nitrogens with zero attached hydrogens (tertiary/aromatic N) is 3. The second-order valence-electron chi connectivity index (χ2n) is 9.69. The molecule has 3 fully saturated rings. The molecule has 9 heteroatoms. The van der Waals surface area contributed by atoms with E-state index in [9.17, 15) is 19.7 Å². The summed E-state index contributed by atoms with van der Waals surface area (Å²) in [7, 11) is 0. The molecule has 1 heterocycles. The summed E-state index contributed by atoms with van der Waals surface area (Å²) in [5, 5.41) is 14.8. The lowest BCUT2D eigenvalue weighted by molar-refractivity contribution is -0.384. The van der Waals surface area contributed by atoms with Crippen LogP contribution in [0.5, 0.6) is 0 Å². The van der Waals surface area contributed by atoms with Gasteiger partial charge in [0.2, 0.25) is 5.91 Å². The normalized spacial score (nSPS) is 24.4. The molecule has 0 atom stereocenters. The van der Waals surface area contributed by atoms with E-state index in [4.69, 9.17) is 5.73 Å². The first kappa shape index (κ1) is 23.5. The number of hydrogen-bond acceptors (Lipinski definition) is 6. The molecule has 0 spiro atoms. The third-order valence-corrected chi connectivity index (χ3v) is 7.43. The first-order valence-corrected chi connectivity index (χ1v) is 12.3. The van der Waals surface area contributed by atoms with Crippen LogP contribution in [0.3, 0.4) is 0 Å². The number of hydrogen-bond donors (Lipinski definition) is 2. The van der Waals surface area contributed by atoms with Gasteiger partial charge in [0.25, 0.3) is 11.6 Å². The summed E-state index contributed by atoms with van der Waals surface area (Å²) in [6.45, 7) is 2.23. The van der Waals surface area contributed by atoms with E-state index in [1.807, 2.05) is 9.80 Å². The second-order valence-corrected chi connectivity index (χ2v) is 9.69. The topological polar surface area (TPSA) is 122 Å². The molecule has 4 rings (SSSR count). The summed E-state index contributed by atoms with van der Waals surface area (Å²) in [6.07, 6.45) is 8.81. The number of nitro groups is 1. The Bertz CT molecular complexity index is 870. The molecule has 3 aliphatic rings. The van der Waals surface area contributed by atoms with Crippen LogP contribution < -0.4 is 16.0 Å². The number of carbonyl (C=O) groups excluding carboxylic acids is 2. The Kier molecular flexibility index (Phi) is 7.47. The number of nitro benzene ring substituents is 1. The maximum Gasteiger partial charge on any atom is 0.293 e. The van der Waals surface area contributed by atoms with Crippen molar-refractivity contribution >= 4 is 23.2 Å². The quantitative estimate of drug-likeness (QED) is 0.518. The van der Waals surface area contributed by atoms with Crippen molar-refractivity contribution in [3.05, 3.63) is 33.9 Å². The molecule has 3 N–H and O–H groups in total. The Morgan fingerprint density at radius 3 is 2.27 bits per heavy atom. The summed E-state index contributed by atoms with van der Waals surface area (Å²) in [4.78, 5) is 40.8. The molecule has 9 nitrogen and oxygen atoms in total. The van der Waals surface area contributed by atoms with Gasteiger partial charge in [-0.3, -0.25) is 19.7 Å². The minimum Gasteiger partial charge on any atom is -0.362 e. The largest absolute Gasteiger partial charge is 0.362 e. The number of benzene rings is 1. The molecule has 1 saturated heterocycles. The van der Waals surface area contributed by atoms with Crippen molar-refractivity contribution in [2.75, 3.05) is 31.1 Å². The minimum absolute atomic E-state index is 0.0609. The summed E-state index contributed by atoms with van der Waals surface area (Å²) in [5.41, 5.74) is 6.66. The van der Waals surface area contributed by atoms with Gasteiger partial charge >= 0.3 is 0 Å². The first-order chi connectivity index (χ1) is 15.9. The van der Waals surface area contributed by atoms with E-state index < -0.39 is 4.92 Å². The van der Waals surface area contributed by atoms with Gasteiger partial charge in [-0.25, -0.2) is 0 Å². The van der Waals surface area contributed by atoms with Crippen LogP contribution >= 0.6 is 0 Å². The van der Waals surface area contributed by atoms with Crippen LogP contribution in [0.1, 0.15) is 68.1 Å². The summed E-state index contributed by atoms with van der Waals surface area (Å²) < 4.78 is 0. The van der Waals surface area contributed by atoms with Gasteiger partial charge in [-0.15, -0.1) is 0 Å². The maximum absolute atomic E-state index is 12.8. The molecule has 1 aromatic rings. The summed E-state index contributed by atoms with van der Waals surface area (Å²) in [5.74, 6) is 0.0879. The lowest BCUT2D eigenvalue weighted by Crippen LogP contribution is -2.50. The van der Waals surface area contributed by atoms with E-state index >= 15 is 0 Å². The Labute approximate surface area is 194 Å². The standard InChI is InChI=1S/C24H35N5O4/c25-19-7-9-20(10-8-19)26-23(30)18-6-11-21(22(16-18)29(32)33)27-12-14-28(15-13-27)24(31)17-4-2-1-3-5-17/h6,11,16-17,19-20H,1-5,7-10,12-15,25H2,(H,26,30). The zero-order valence-electron chi connectivity index (χ0n) is 19.2. The van der Waals surface area contributed by atoms with E-state index in [2.05, 4.69) is 5.32 Å². The number of amides is 2. The van der Waals surface area contributed by atoms with Crippen molar-refractivity contribution < 1.29 is 14.5 Å². The fourth-order valence-corrected chi connectivity index (χ4v) is 5.39. The van der Waals surface area contributed by atoms with Gasteiger partial charge in [-0.1, -0.05) is 19.3 Å². The Morgan fingerprint density at radius 1 is 0.970 bits per heavy atom. The molecule has 1 aromatic carbocycles. The monoisotopic (exact) mass is 457 g/mol. The third-order valence-electron chi connectivity index (χ3n) is 7.43. The van der Waals surface area contributed by atoms with Crippen molar-refractivity contribution in [2.45, 2.75) is 69.9 Å². The smallest absolute Gasteiger partial charge is 0.293 e. The van der Waals surface area contributed by atoms with Gasteiger partial charge < -0.3 is 20.9 Å². The van der Waals surface area contributed by atoms with Crippen LogP contribution in [0.15, 0.2) is 18.2 Å². The van der Waals surface area contributed by atoms with Gasteiger partial charge in [0.15, 0.2) is 0 Å². The van der Waals surface area contributed by atoms with E-state index in [-0.39, 0.29) is 35.5 Å². The molecule has 33 heavy (non-hydrogen) atoms. The number of anilines is 1. The highest BCUT2D eigenvalue weighted by molar-refractivity contribution is 5.96. The van der Waals surface area contributed by atoms with E-state index in [1.165, 1.54) is 12.5 Å². The van der Waals surface area contributed by atoms with Crippen LogP contribution in [-0.4, -0.2) is 59.9 Å². The third kappa shape index (κ3) is 5.63. The lowest BCUT2D eigenvalue weighted by Gasteiger charge is -2.38. The van der Waals surface area contributed by atoms with Crippen LogP contribution in [0.4, 0.5) is 11.4 Å². The van der Waals surface area contributed by atoms with Gasteiger partial charge in [0, 0.05) is 55.8 Å². The highest BCUT2D eigenvalue weighted by Gasteiger charge is 2.31. The minimum atomic E-state index is -0.425. The van der Waals surface area contributed by atoms with Crippen molar-refractivity contribution in [1.82, 2.24) is 10.2 Å². The number of nitrogens with two attached hydrogens (primary N) is 1. The molecule has 0 unspecified atom stereocenters. The van der Waals surface area contributed by atoms with Gasteiger partial charge in [0.1, 0.15) is 5.69 Å². The molecule has 2 aliphatic carbocycles. The summed E-state index contributed by atoms with van der Waals surface area (Å²) >= 11 is 0. The van der Waals surface area contributed by atoms with Crippen molar-refractivity contribution in [2.24, 2.45) is 11.7 Å². The van der Waals surface area contributed by atoms with E-state index in [0.717, 1.165) is 51.4 Å².